The molecule has 2 heterocycles. The first-order chi connectivity index (χ1) is 11.6. The van der Waals surface area contributed by atoms with Crippen LogP contribution in [0.25, 0.3) is 11.4 Å². The summed E-state index contributed by atoms with van der Waals surface area (Å²) >= 11 is 1.32. The number of aryl methyl sites for hydroxylation is 1. The van der Waals surface area contributed by atoms with Crippen molar-refractivity contribution < 1.29 is 9.18 Å². The standard InChI is InChI=1S/C14H14FN7OS/c1-2-11-20-22-14(24-11)18-13(23)16-7-10-17-12(21-19-10)8-3-5-9(15)6-4-8/h3-6H,2,7H2,1H3,(H,17,19,21)(H2,16,18,22,23). The van der Waals surface area contributed by atoms with Gasteiger partial charge in [0.25, 0.3) is 0 Å². The summed E-state index contributed by atoms with van der Waals surface area (Å²) in [4.78, 5) is 16.1. The molecule has 1 aromatic carbocycles. The van der Waals surface area contributed by atoms with Gasteiger partial charge in [0.15, 0.2) is 5.82 Å². The third-order valence-corrected chi connectivity index (χ3v) is 4.02. The number of H-pyrrole nitrogens is 1. The van der Waals surface area contributed by atoms with Crippen LogP contribution in [0.3, 0.4) is 0 Å². The van der Waals surface area contributed by atoms with Crippen LogP contribution in [-0.4, -0.2) is 31.4 Å². The van der Waals surface area contributed by atoms with Gasteiger partial charge in [0.2, 0.25) is 5.13 Å². The molecule has 0 aliphatic heterocycles. The molecule has 0 spiro atoms. The highest BCUT2D eigenvalue weighted by Crippen LogP contribution is 2.16. The SMILES string of the molecule is CCc1nnc(NC(=O)NCc2nc(-c3ccc(F)cc3)n[nH]2)s1. The van der Waals surface area contributed by atoms with Crippen LogP contribution >= 0.6 is 11.3 Å². The Kier molecular flexibility index (Phi) is 4.75. The Labute approximate surface area is 140 Å². The Hall–Kier alpha value is -2.88. The van der Waals surface area contributed by atoms with E-state index in [1.807, 2.05) is 6.92 Å². The summed E-state index contributed by atoms with van der Waals surface area (Å²) in [5.41, 5.74) is 0.685. The molecular formula is C14H14FN7OS. The Balaban J connectivity index is 1.55. The normalized spacial score (nSPS) is 10.6. The zero-order valence-electron chi connectivity index (χ0n) is 12.7. The van der Waals surface area contributed by atoms with Crippen molar-refractivity contribution in [3.63, 3.8) is 0 Å². The number of benzene rings is 1. The summed E-state index contributed by atoms with van der Waals surface area (Å²) in [6.07, 6.45) is 0.769. The number of aromatic nitrogens is 5. The van der Waals surface area contributed by atoms with Crippen LogP contribution in [0.1, 0.15) is 17.8 Å². The molecule has 0 saturated carbocycles. The van der Waals surface area contributed by atoms with E-state index in [2.05, 4.69) is 36.0 Å². The van der Waals surface area contributed by atoms with Crippen molar-refractivity contribution in [1.82, 2.24) is 30.7 Å². The predicted molar refractivity (Wildman–Crippen MR) is 86.9 cm³/mol. The van der Waals surface area contributed by atoms with E-state index in [-0.39, 0.29) is 12.4 Å². The molecule has 0 bridgehead atoms. The summed E-state index contributed by atoms with van der Waals surface area (Å²) in [6, 6.07) is 5.44. The molecule has 0 aliphatic rings. The average molecular weight is 347 g/mol. The van der Waals surface area contributed by atoms with Crippen LogP contribution in [0.4, 0.5) is 14.3 Å². The van der Waals surface area contributed by atoms with Gasteiger partial charge in [0.05, 0.1) is 6.54 Å². The van der Waals surface area contributed by atoms with Crippen LogP contribution in [0.5, 0.6) is 0 Å². The fraction of sp³-hybridized carbons (Fsp3) is 0.214. The summed E-state index contributed by atoms with van der Waals surface area (Å²) in [7, 11) is 0. The number of halogens is 1. The number of carbonyl (C=O) groups is 1. The molecule has 3 aromatic rings. The fourth-order valence-corrected chi connectivity index (χ4v) is 2.53. The van der Waals surface area contributed by atoms with Gasteiger partial charge in [-0.15, -0.1) is 10.2 Å². The maximum Gasteiger partial charge on any atom is 0.321 e. The van der Waals surface area contributed by atoms with Gasteiger partial charge >= 0.3 is 6.03 Å². The quantitative estimate of drug-likeness (QED) is 0.656. The fourth-order valence-electron chi connectivity index (χ4n) is 1.85. The van der Waals surface area contributed by atoms with E-state index >= 15 is 0 Å². The number of hydrogen-bond donors (Lipinski definition) is 3. The highest BCUT2D eigenvalue weighted by molar-refractivity contribution is 7.15. The molecule has 124 valence electrons. The number of amides is 2. The number of urea groups is 1. The Morgan fingerprint density at radius 3 is 2.79 bits per heavy atom. The maximum atomic E-state index is 12.9. The van der Waals surface area contributed by atoms with Crippen LogP contribution in [0.15, 0.2) is 24.3 Å². The molecule has 10 heteroatoms. The van der Waals surface area contributed by atoms with E-state index in [1.54, 1.807) is 12.1 Å². The number of nitrogens with zero attached hydrogens (tertiary/aromatic N) is 4. The summed E-state index contributed by atoms with van der Waals surface area (Å²) in [5.74, 6) is 0.593. The molecule has 2 amide bonds. The van der Waals surface area contributed by atoms with Crippen LogP contribution in [-0.2, 0) is 13.0 Å². The predicted octanol–water partition coefficient (Wildman–Crippen LogP) is 2.35. The molecule has 2 aromatic heterocycles. The van der Waals surface area contributed by atoms with Crippen molar-refractivity contribution in [3.05, 3.63) is 40.9 Å². The van der Waals surface area contributed by atoms with Gasteiger partial charge < -0.3 is 5.32 Å². The third-order valence-electron chi connectivity index (χ3n) is 3.04. The topological polar surface area (TPSA) is 108 Å². The minimum atomic E-state index is -0.409. The zero-order chi connectivity index (χ0) is 16.9. The summed E-state index contributed by atoms with van der Waals surface area (Å²) in [6.45, 7) is 2.13. The first-order valence-corrected chi connectivity index (χ1v) is 8.00. The highest BCUT2D eigenvalue weighted by Gasteiger charge is 2.09. The lowest BCUT2D eigenvalue weighted by Gasteiger charge is -2.02. The van der Waals surface area contributed by atoms with Gasteiger partial charge in [-0.3, -0.25) is 10.4 Å². The highest BCUT2D eigenvalue weighted by atomic mass is 32.1. The Morgan fingerprint density at radius 2 is 2.08 bits per heavy atom. The van der Waals surface area contributed by atoms with Crippen molar-refractivity contribution in [1.29, 1.82) is 0 Å². The monoisotopic (exact) mass is 347 g/mol. The minimum Gasteiger partial charge on any atom is -0.331 e. The second-order valence-electron chi connectivity index (χ2n) is 4.77. The van der Waals surface area contributed by atoms with Crippen molar-refractivity contribution in [3.8, 4) is 11.4 Å². The molecule has 0 aliphatic carbocycles. The van der Waals surface area contributed by atoms with Crippen LogP contribution in [0, 0.1) is 5.82 Å². The van der Waals surface area contributed by atoms with Crippen molar-refractivity contribution >= 4 is 22.5 Å². The van der Waals surface area contributed by atoms with Gasteiger partial charge in [-0.25, -0.2) is 14.2 Å². The van der Waals surface area contributed by atoms with E-state index in [9.17, 15) is 9.18 Å². The van der Waals surface area contributed by atoms with Crippen molar-refractivity contribution in [2.24, 2.45) is 0 Å². The number of hydrogen-bond acceptors (Lipinski definition) is 6. The molecule has 3 N–H and O–H groups in total. The minimum absolute atomic E-state index is 0.166. The van der Waals surface area contributed by atoms with Crippen LogP contribution in [0.2, 0.25) is 0 Å². The largest absolute Gasteiger partial charge is 0.331 e. The summed E-state index contributed by atoms with van der Waals surface area (Å²) in [5, 5.41) is 21.1. The van der Waals surface area contributed by atoms with E-state index in [4.69, 9.17) is 0 Å². The lowest BCUT2D eigenvalue weighted by Crippen LogP contribution is -2.28. The first-order valence-electron chi connectivity index (χ1n) is 7.18. The van der Waals surface area contributed by atoms with Crippen molar-refractivity contribution in [2.45, 2.75) is 19.9 Å². The molecule has 24 heavy (non-hydrogen) atoms. The lowest BCUT2D eigenvalue weighted by atomic mass is 10.2. The molecule has 0 unspecified atom stereocenters. The van der Waals surface area contributed by atoms with E-state index < -0.39 is 6.03 Å². The third kappa shape index (κ3) is 3.90. The van der Waals surface area contributed by atoms with Gasteiger partial charge in [-0.1, -0.05) is 18.3 Å². The molecule has 0 saturated heterocycles. The average Bonchev–Trinajstić information content (AvgIpc) is 3.23. The smallest absolute Gasteiger partial charge is 0.321 e. The van der Waals surface area contributed by atoms with Gasteiger partial charge in [-0.2, -0.15) is 5.10 Å². The van der Waals surface area contributed by atoms with Crippen LogP contribution < -0.4 is 10.6 Å². The van der Waals surface area contributed by atoms with E-state index in [0.717, 1.165) is 11.4 Å². The van der Waals surface area contributed by atoms with E-state index in [0.29, 0.717) is 22.3 Å². The molecule has 3 rings (SSSR count). The molecule has 0 radical (unpaired) electrons. The summed E-state index contributed by atoms with van der Waals surface area (Å²) < 4.78 is 12.9. The zero-order valence-corrected chi connectivity index (χ0v) is 13.5. The Morgan fingerprint density at radius 1 is 1.29 bits per heavy atom. The maximum absolute atomic E-state index is 12.9. The first kappa shape index (κ1) is 16.0. The lowest BCUT2D eigenvalue weighted by molar-refractivity contribution is 0.251. The molecule has 0 atom stereocenters. The van der Waals surface area contributed by atoms with Gasteiger partial charge in [0, 0.05) is 5.56 Å². The molecule has 8 nitrogen and oxygen atoms in total. The second kappa shape index (κ2) is 7.13. The van der Waals surface area contributed by atoms with E-state index in [1.165, 1.54) is 23.5 Å². The number of rotatable bonds is 5. The molecule has 0 fully saturated rings. The number of nitrogens with one attached hydrogen (secondary N) is 3. The molecular weight excluding hydrogens is 333 g/mol. The number of anilines is 1. The van der Waals surface area contributed by atoms with Gasteiger partial charge in [-0.05, 0) is 30.7 Å². The second-order valence-corrected chi connectivity index (χ2v) is 5.84. The van der Waals surface area contributed by atoms with Gasteiger partial charge in [0.1, 0.15) is 16.6 Å². The number of carbonyl (C=O) groups excluding carboxylic acids is 1. The van der Waals surface area contributed by atoms with Crippen molar-refractivity contribution in [2.75, 3.05) is 5.32 Å². The Bertz CT molecular complexity index is 830. The number of aromatic amines is 1.